The summed E-state index contributed by atoms with van der Waals surface area (Å²) in [6.07, 6.45) is 0.969. The van der Waals surface area contributed by atoms with Gasteiger partial charge in [0.2, 0.25) is 0 Å². The molecule has 0 aliphatic rings. The van der Waals surface area contributed by atoms with Crippen LogP contribution in [0.5, 0.6) is 0 Å². The lowest BCUT2D eigenvalue weighted by molar-refractivity contribution is -0.137. The molecule has 2 rings (SSSR count). The molecule has 0 aliphatic carbocycles. The molecule has 0 bridgehead atoms. The van der Waals surface area contributed by atoms with E-state index >= 15 is 0 Å². The Labute approximate surface area is 124 Å². The molecule has 3 heteroatoms. The lowest BCUT2D eigenvalue weighted by Crippen LogP contribution is -2.04. The Bertz CT molecular complexity index is 535. The highest BCUT2D eigenvalue weighted by Gasteiger charge is 2.01. The second kappa shape index (κ2) is 7.75. The van der Waals surface area contributed by atoms with E-state index in [9.17, 15) is 4.79 Å². The summed E-state index contributed by atoms with van der Waals surface area (Å²) < 4.78 is 4.61. The molecule has 0 fully saturated rings. The average Bonchev–Trinajstić information content (AvgIpc) is 2.52. The molecule has 0 N–H and O–H groups in total. The number of hydrogen-bond donors (Lipinski definition) is 0. The van der Waals surface area contributed by atoms with Gasteiger partial charge in [-0.25, -0.2) is 0 Å². The maximum absolute atomic E-state index is 11.0. The average molecular weight is 286 g/mol. The first-order valence-corrected chi connectivity index (χ1v) is 7.74. The predicted molar refractivity (Wildman–Crippen MR) is 84.9 cm³/mol. The SMILES string of the molecule is COC(=O)CSCCc1ccc(-c2ccccc2)cc1. The summed E-state index contributed by atoms with van der Waals surface area (Å²) in [5.74, 6) is 1.20. The van der Waals surface area contributed by atoms with E-state index in [1.807, 2.05) is 18.2 Å². The monoisotopic (exact) mass is 286 g/mol. The summed E-state index contributed by atoms with van der Waals surface area (Å²) in [5.41, 5.74) is 3.76. The van der Waals surface area contributed by atoms with Crippen molar-refractivity contribution in [1.29, 1.82) is 0 Å². The molecule has 0 heterocycles. The Balaban J connectivity index is 1.85. The van der Waals surface area contributed by atoms with Gasteiger partial charge in [0.25, 0.3) is 0 Å². The number of hydrogen-bond acceptors (Lipinski definition) is 3. The summed E-state index contributed by atoms with van der Waals surface area (Å²) in [6.45, 7) is 0. The number of esters is 1. The summed E-state index contributed by atoms with van der Waals surface area (Å²) >= 11 is 1.61. The van der Waals surface area contributed by atoms with Crippen LogP contribution in [0.25, 0.3) is 11.1 Å². The molecular formula is C17H18O2S. The zero-order chi connectivity index (χ0) is 14.2. The molecule has 0 saturated carbocycles. The standard InChI is InChI=1S/C17H18O2S/c1-19-17(18)13-20-12-11-14-7-9-16(10-8-14)15-5-3-2-4-6-15/h2-10H,11-13H2,1H3. The molecule has 0 atom stereocenters. The van der Waals surface area contributed by atoms with Crippen molar-refractivity contribution in [2.45, 2.75) is 6.42 Å². The van der Waals surface area contributed by atoms with Crippen LogP contribution in [0.1, 0.15) is 5.56 Å². The molecule has 104 valence electrons. The van der Waals surface area contributed by atoms with Crippen molar-refractivity contribution in [3.63, 3.8) is 0 Å². The van der Waals surface area contributed by atoms with Crippen LogP contribution in [0.4, 0.5) is 0 Å². The highest BCUT2D eigenvalue weighted by atomic mass is 32.2. The maximum atomic E-state index is 11.0. The second-order valence-corrected chi connectivity index (χ2v) is 5.55. The van der Waals surface area contributed by atoms with Crippen molar-refractivity contribution in [3.05, 3.63) is 60.2 Å². The molecule has 2 nitrogen and oxygen atoms in total. The van der Waals surface area contributed by atoms with E-state index < -0.39 is 0 Å². The van der Waals surface area contributed by atoms with Crippen LogP contribution >= 0.6 is 11.8 Å². The third kappa shape index (κ3) is 4.42. The Kier molecular flexibility index (Phi) is 5.69. The topological polar surface area (TPSA) is 26.3 Å². The quantitative estimate of drug-likeness (QED) is 0.597. The molecule has 0 saturated heterocycles. The fourth-order valence-electron chi connectivity index (χ4n) is 1.90. The molecule has 0 radical (unpaired) electrons. The summed E-state index contributed by atoms with van der Waals surface area (Å²) in [7, 11) is 1.42. The van der Waals surface area contributed by atoms with Gasteiger partial charge in [-0.15, -0.1) is 11.8 Å². The zero-order valence-electron chi connectivity index (χ0n) is 11.5. The van der Waals surface area contributed by atoms with Gasteiger partial charge in [-0.05, 0) is 28.9 Å². The van der Waals surface area contributed by atoms with Gasteiger partial charge >= 0.3 is 5.97 Å². The molecule has 0 aromatic heterocycles. The summed E-state index contributed by atoms with van der Waals surface area (Å²) in [5, 5.41) is 0. The van der Waals surface area contributed by atoms with Crippen LogP contribution in [0, 0.1) is 0 Å². The van der Waals surface area contributed by atoms with E-state index in [0.717, 1.165) is 12.2 Å². The van der Waals surface area contributed by atoms with Crippen molar-refractivity contribution < 1.29 is 9.53 Å². The Hall–Kier alpha value is -1.74. The van der Waals surface area contributed by atoms with Gasteiger partial charge in [0, 0.05) is 0 Å². The van der Waals surface area contributed by atoms with E-state index in [0.29, 0.717) is 5.75 Å². The minimum Gasteiger partial charge on any atom is -0.468 e. The van der Waals surface area contributed by atoms with Gasteiger partial charge < -0.3 is 4.74 Å². The van der Waals surface area contributed by atoms with Crippen molar-refractivity contribution in [2.24, 2.45) is 0 Å². The molecule has 0 unspecified atom stereocenters. The van der Waals surface area contributed by atoms with Crippen LogP contribution in [0.15, 0.2) is 54.6 Å². The van der Waals surface area contributed by atoms with Crippen LogP contribution in [-0.4, -0.2) is 24.6 Å². The first kappa shape index (κ1) is 14.7. The van der Waals surface area contributed by atoms with Gasteiger partial charge in [0.15, 0.2) is 0 Å². The van der Waals surface area contributed by atoms with Gasteiger partial charge in [-0.1, -0.05) is 54.6 Å². The fourth-order valence-corrected chi connectivity index (χ4v) is 2.71. The Morgan fingerprint density at radius 3 is 2.30 bits per heavy atom. The first-order chi connectivity index (χ1) is 9.79. The normalized spacial score (nSPS) is 10.2. The summed E-state index contributed by atoms with van der Waals surface area (Å²) in [6, 6.07) is 18.9. The van der Waals surface area contributed by atoms with Crippen LogP contribution in [0.3, 0.4) is 0 Å². The molecule has 0 spiro atoms. The third-order valence-corrected chi connectivity index (χ3v) is 3.98. The van der Waals surface area contributed by atoms with Gasteiger partial charge in [0.1, 0.15) is 0 Å². The summed E-state index contributed by atoms with van der Waals surface area (Å²) in [4.78, 5) is 11.0. The number of rotatable bonds is 6. The van der Waals surface area contributed by atoms with E-state index in [-0.39, 0.29) is 5.97 Å². The molecule has 20 heavy (non-hydrogen) atoms. The maximum Gasteiger partial charge on any atom is 0.315 e. The van der Waals surface area contributed by atoms with Gasteiger partial charge in [-0.2, -0.15) is 0 Å². The Morgan fingerprint density at radius 1 is 1.00 bits per heavy atom. The van der Waals surface area contributed by atoms with E-state index in [1.54, 1.807) is 11.8 Å². The Morgan fingerprint density at radius 2 is 1.65 bits per heavy atom. The van der Waals surface area contributed by atoms with E-state index in [1.165, 1.54) is 23.8 Å². The lowest BCUT2D eigenvalue weighted by Gasteiger charge is -2.04. The number of carbonyl (C=O) groups is 1. The molecular weight excluding hydrogens is 268 g/mol. The predicted octanol–water partition coefficient (Wildman–Crippen LogP) is 3.80. The molecule has 0 amide bonds. The fraction of sp³-hybridized carbons (Fsp3) is 0.235. The number of ether oxygens (including phenoxy) is 1. The molecule has 2 aromatic carbocycles. The number of thioether (sulfide) groups is 1. The van der Waals surface area contributed by atoms with E-state index in [4.69, 9.17) is 0 Å². The largest absolute Gasteiger partial charge is 0.468 e. The van der Waals surface area contributed by atoms with Crippen molar-refractivity contribution in [1.82, 2.24) is 0 Å². The number of benzene rings is 2. The number of carbonyl (C=O) groups excluding carboxylic acids is 1. The molecule has 0 aliphatic heterocycles. The van der Waals surface area contributed by atoms with Crippen molar-refractivity contribution in [3.8, 4) is 11.1 Å². The highest BCUT2D eigenvalue weighted by Crippen LogP contribution is 2.19. The molecule has 2 aromatic rings. The second-order valence-electron chi connectivity index (χ2n) is 4.44. The van der Waals surface area contributed by atoms with E-state index in [2.05, 4.69) is 41.1 Å². The van der Waals surface area contributed by atoms with Gasteiger partial charge in [-0.3, -0.25) is 4.79 Å². The van der Waals surface area contributed by atoms with Crippen LogP contribution in [0.2, 0.25) is 0 Å². The number of aryl methyl sites for hydroxylation is 1. The highest BCUT2D eigenvalue weighted by molar-refractivity contribution is 7.99. The first-order valence-electron chi connectivity index (χ1n) is 6.58. The van der Waals surface area contributed by atoms with Gasteiger partial charge in [0.05, 0.1) is 12.9 Å². The van der Waals surface area contributed by atoms with Crippen molar-refractivity contribution in [2.75, 3.05) is 18.6 Å². The van der Waals surface area contributed by atoms with Crippen LogP contribution < -0.4 is 0 Å². The lowest BCUT2D eigenvalue weighted by atomic mass is 10.0. The minimum absolute atomic E-state index is 0.158. The third-order valence-electron chi connectivity index (χ3n) is 3.04. The van der Waals surface area contributed by atoms with Crippen molar-refractivity contribution >= 4 is 17.7 Å². The zero-order valence-corrected chi connectivity index (χ0v) is 12.4. The minimum atomic E-state index is -0.158. The smallest absolute Gasteiger partial charge is 0.315 e. The number of methoxy groups -OCH3 is 1. The van der Waals surface area contributed by atoms with Crippen LogP contribution in [-0.2, 0) is 16.0 Å².